The van der Waals surface area contributed by atoms with Crippen LogP contribution in [-0.4, -0.2) is 16.5 Å². The third kappa shape index (κ3) is 1.89. The lowest BCUT2D eigenvalue weighted by atomic mass is 10.2. The van der Waals surface area contributed by atoms with E-state index in [-0.39, 0.29) is 5.75 Å². The molecule has 0 aliphatic carbocycles. The number of nitrogens with zero attached hydrogens (tertiary/aromatic N) is 2. The molecule has 2 aromatic heterocycles. The Hall–Kier alpha value is -2.14. The average Bonchev–Trinajstić information content (AvgIpc) is 2.92. The Morgan fingerprint density at radius 3 is 2.94 bits per heavy atom. The average molecular weight is 258 g/mol. The Bertz CT molecular complexity index is 728. The standard InChI is InChI=1S/C13H10N2O2S/c1-8-6-12(15-17-8)14-7-11-13(16)9-4-2-3-5-10(9)18-11/h2-7,16H,1H3. The van der Waals surface area contributed by atoms with Crippen LogP contribution in [0.4, 0.5) is 5.82 Å². The molecule has 0 spiro atoms. The number of aryl methyl sites for hydroxylation is 1. The van der Waals surface area contributed by atoms with Crippen molar-refractivity contribution >= 4 is 33.5 Å². The molecule has 3 aromatic rings. The van der Waals surface area contributed by atoms with Crippen LogP contribution in [0.5, 0.6) is 5.75 Å². The summed E-state index contributed by atoms with van der Waals surface area (Å²) >= 11 is 1.49. The van der Waals surface area contributed by atoms with Crippen LogP contribution in [0.15, 0.2) is 39.8 Å². The van der Waals surface area contributed by atoms with Gasteiger partial charge in [-0.3, -0.25) is 0 Å². The number of rotatable bonds is 2. The van der Waals surface area contributed by atoms with Gasteiger partial charge in [-0.15, -0.1) is 11.3 Å². The molecule has 0 saturated heterocycles. The van der Waals surface area contributed by atoms with Crippen molar-refractivity contribution in [2.75, 3.05) is 0 Å². The third-order valence-corrected chi connectivity index (χ3v) is 3.62. The van der Waals surface area contributed by atoms with Gasteiger partial charge in [-0.1, -0.05) is 17.3 Å². The fourth-order valence-corrected chi connectivity index (χ4v) is 2.65. The van der Waals surface area contributed by atoms with Gasteiger partial charge in [0.15, 0.2) is 5.82 Å². The fraction of sp³-hybridized carbons (Fsp3) is 0.0769. The normalized spacial score (nSPS) is 11.6. The van der Waals surface area contributed by atoms with Gasteiger partial charge in [-0.25, -0.2) is 4.99 Å². The summed E-state index contributed by atoms with van der Waals surface area (Å²) in [4.78, 5) is 4.89. The second-order valence-electron chi connectivity index (χ2n) is 3.87. The summed E-state index contributed by atoms with van der Waals surface area (Å²) in [5.74, 6) is 1.48. The van der Waals surface area contributed by atoms with Crippen molar-refractivity contribution in [3.8, 4) is 5.75 Å². The number of aromatic nitrogens is 1. The summed E-state index contributed by atoms with van der Waals surface area (Å²) in [6, 6.07) is 9.44. The molecule has 0 saturated carbocycles. The number of fused-ring (bicyclic) bond motifs is 1. The Morgan fingerprint density at radius 1 is 1.39 bits per heavy atom. The van der Waals surface area contributed by atoms with E-state index in [9.17, 15) is 5.11 Å². The zero-order valence-corrected chi connectivity index (χ0v) is 10.4. The van der Waals surface area contributed by atoms with Crippen molar-refractivity contribution in [2.24, 2.45) is 4.99 Å². The number of hydrogen-bond acceptors (Lipinski definition) is 5. The minimum atomic E-state index is 0.263. The van der Waals surface area contributed by atoms with Crippen molar-refractivity contribution < 1.29 is 9.63 Å². The lowest BCUT2D eigenvalue weighted by molar-refractivity contribution is 0.399. The molecule has 1 N–H and O–H groups in total. The molecular weight excluding hydrogens is 248 g/mol. The number of hydrogen-bond donors (Lipinski definition) is 1. The van der Waals surface area contributed by atoms with Crippen molar-refractivity contribution in [2.45, 2.75) is 6.92 Å². The summed E-state index contributed by atoms with van der Waals surface area (Å²) in [5, 5.41) is 14.7. The summed E-state index contributed by atoms with van der Waals surface area (Å²) in [6.07, 6.45) is 1.61. The van der Waals surface area contributed by atoms with Gasteiger partial charge < -0.3 is 9.63 Å². The maximum atomic E-state index is 10.0. The molecule has 0 amide bonds. The third-order valence-electron chi connectivity index (χ3n) is 2.53. The minimum absolute atomic E-state index is 0.263. The van der Waals surface area contributed by atoms with Crippen molar-refractivity contribution in [1.82, 2.24) is 5.16 Å². The topological polar surface area (TPSA) is 58.6 Å². The van der Waals surface area contributed by atoms with Gasteiger partial charge >= 0.3 is 0 Å². The second-order valence-corrected chi connectivity index (χ2v) is 4.95. The van der Waals surface area contributed by atoms with Crippen LogP contribution >= 0.6 is 11.3 Å². The quantitative estimate of drug-likeness (QED) is 0.714. The summed E-state index contributed by atoms with van der Waals surface area (Å²) in [7, 11) is 0. The largest absolute Gasteiger partial charge is 0.506 e. The van der Waals surface area contributed by atoms with Gasteiger partial charge in [0, 0.05) is 16.2 Å². The highest BCUT2D eigenvalue weighted by atomic mass is 32.1. The van der Waals surface area contributed by atoms with E-state index in [1.165, 1.54) is 11.3 Å². The summed E-state index contributed by atoms with van der Waals surface area (Å²) in [6.45, 7) is 1.81. The first-order valence-corrected chi connectivity index (χ1v) is 6.23. The Labute approximate surface area is 107 Å². The second kappa shape index (κ2) is 4.27. The number of thiophene rings is 1. The highest BCUT2D eigenvalue weighted by molar-refractivity contribution is 7.21. The van der Waals surface area contributed by atoms with E-state index in [4.69, 9.17) is 4.52 Å². The zero-order valence-electron chi connectivity index (χ0n) is 9.62. The molecule has 0 fully saturated rings. The lowest BCUT2D eigenvalue weighted by Gasteiger charge is -1.89. The molecule has 0 atom stereocenters. The van der Waals surface area contributed by atoms with E-state index in [0.29, 0.717) is 11.6 Å². The summed E-state index contributed by atoms with van der Waals surface area (Å²) in [5.41, 5.74) is 0. The SMILES string of the molecule is Cc1cc(N=Cc2sc3ccccc3c2O)no1. The van der Waals surface area contributed by atoms with E-state index >= 15 is 0 Å². The van der Waals surface area contributed by atoms with Gasteiger partial charge in [0.25, 0.3) is 0 Å². The van der Waals surface area contributed by atoms with Gasteiger partial charge in [-0.05, 0) is 19.1 Å². The van der Waals surface area contributed by atoms with E-state index in [1.807, 2.05) is 31.2 Å². The molecule has 5 heteroatoms. The predicted octanol–water partition coefficient (Wildman–Crippen LogP) is 3.65. The molecule has 0 aliphatic heterocycles. The number of aromatic hydroxyl groups is 1. The maximum Gasteiger partial charge on any atom is 0.195 e. The fourth-order valence-electron chi connectivity index (χ4n) is 1.68. The van der Waals surface area contributed by atoms with E-state index in [1.54, 1.807) is 12.3 Å². The zero-order chi connectivity index (χ0) is 12.5. The maximum absolute atomic E-state index is 10.0. The van der Waals surface area contributed by atoms with Crippen LogP contribution < -0.4 is 0 Å². The number of aliphatic imine (C=N–C) groups is 1. The highest BCUT2D eigenvalue weighted by Crippen LogP contribution is 2.35. The molecule has 90 valence electrons. The monoisotopic (exact) mass is 258 g/mol. The molecule has 0 radical (unpaired) electrons. The van der Waals surface area contributed by atoms with Crippen LogP contribution in [0.3, 0.4) is 0 Å². The Morgan fingerprint density at radius 2 is 2.22 bits per heavy atom. The van der Waals surface area contributed by atoms with E-state index in [2.05, 4.69) is 10.1 Å². The van der Waals surface area contributed by atoms with Gasteiger partial charge in [0.1, 0.15) is 11.5 Å². The van der Waals surface area contributed by atoms with E-state index in [0.717, 1.165) is 15.0 Å². The molecule has 1 aromatic carbocycles. The van der Waals surface area contributed by atoms with E-state index < -0.39 is 0 Å². The van der Waals surface area contributed by atoms with Gasteiger partial charge in [-0.2, -0.15) is 0 Å². The summed E-state index contributed by atoms with van der Waals surface area (Å²) < 4.78 is 5.95. The number of benzene rings is 1. The van der Waals surface area contributed by atoms with Crippen LogP contribution in [0.25, 0.3) is 10.1 Å². The Balaban J connectivity index is 2.00. The van der Waals surface area contributed by atoms with Crippen molar-refractivity contribution in [1.29, 1.82) is 0 Å². The van der Waals surface area contributed by atoms with Crippen LogP contribution in [0.2, 0.25) is 0 Å². The van der Waals surface area contributed by atoms with Crippen molar-refractivity contribution in [3.05, 3.63) is 41.0 Å². The van der Waals surface area contributed by atoms with Crippen molar-refractivity contribution in [3.63, 3.8) is 0 Å². The first kappa shape index (κ1) is 11.0. The molecule has 2 heterocycles. The highest BCUT2D eigenvalue weighted by Gasteiger charge is 2.08. The molecule has 0 unspecified atom stereocenters. The molecule has 0 bridgehead atoms. The molecule has 4 nitrogen and oxygen atoms in total. The minimum Gasteiger partial charge on any atom is -0.506 e. The van der Waals surface area contributed by atoms with Gasteiger partial charge in [0.05, 0.1) is 11.1 Å². The van der Waals surface area contributed by atoms with Crippen LogP contribution in [0, 0.1) is 6.92 Å². The predicted molar refractivity (Wildman–Crippen MR) is 72.0 cm³/mol. The first-order valence-electron chi connectivity index (χ1n) is 5.42. The smallest absolute Gasteiger partial charge is 0.195 e. The van der Waals surface area contributed by atoms with Crippen LogP contribution in [0.1, 0.15) is 10.6 Å². The lowest BCUT2D eigenvalue weighted by Crippen LogP contribution is -1.73. The molecule has 0 aliphatic rings. The molecular formula is C13H10N2O2S. The van der Waals surface area contributed by atoms with Crippen LogP contribution in [-0.2, 0) is 0 Å². The van der Waals surface area contributed by atoms with Gasteiger partial charge in [0.2, 0.25) is 0 Å². The first-order chi connectivity index (χ1) is 8.74. The molecule has 18 heavy (non-hydrogen) atoms. The molecule has 3 rings (SSSR count). The Kier molecular flexibility index (Phi) is 2.60.